The van der Waals surface area contributed by atoms with Crippen molar-refractivity contribution in [1.29, 1.82) is 1.43 Å². The first-order valence-electron chi connectivity index (χ1n) is 2.97. The van der Waals surface area contributed by atoms with Gasteiger partial charge in [-0.1, -0.05) is 0 Å². The normalized spacial score (nSPS) is 19.9. The van der Waals surface area contributed by atoms with Crippen molar-refractivity contribution in [1.82, 2.24) is 0 Å². The number of aliphatic hydroxyl groups excluding tert-OH is 1. The zero-order valence-electron chi connectivity index (χ0n) is 6.50. The molecule has 0 aromatic carbocycles. The van der Waals surface area contributed by atoms with Gasteiger partial charge in [0.15, 0.2) is 0 Å². The monoisotopic (exact) mass is 108 g/mol. The minimum Gasteiger partial charge on any atom is -0.480 e. The average molecular weight is 108 g/mol. The second-order valence-corrected chi connectivity index (χ2v) is 1.02. The maximum Gasteiger partial charge on any atom is 0.322 e. The fourth-order valence-corrected chi connectivity index (χ4v) is 0.0713. The summed E-state index contributed by atoms with van der Waals surface area (Å²) in [6, 6.07) is -1.39. The second kappa shape index (κ2) is 2.54. The third kappa shape index (κ3) is 2.13. The van der Waals surface area contributed by atoms with E-state index in [1.807, 2.05) is 0 Å². The molecule has 4 heteroatoms. The Morgan fingerprint density at radius 1 is 2.29 bits per heavy atom. The first-order valence-corrected chi connectivity index (χ1v) is 1.67. The van der Waals surface area contributed by atoms with Crippen molar-refractivity contribution in [3.05, 3.63) is 0 Å². The molecule has 0 aliphatic heterocycles. The molecule has 1 atom stereocenters. The minimum atomic E-state index is -1.39. The Bertz CT molecular complexity index is 120. The summed E-state index contributed by atoms with van der Waals surface area (Å²) in [5, 5.41) is 11.9. The number of aliphatic carboxylic acids is 1. The number of rotatable bonds is 4. The van der Waals surface area contributed by atoms with Crippen LogP contribution in [-0.2, 0) is 4.79 Å². The van der Waals surface area contributed by atoms with Crippen LogP contribution in [0.3, 0.4) is 0 Å². The molecule has 0 radical (unpaired) electrons. The topological polar surface area (TPSA) is 83.5 Å². The molecule has 4 nitrogen and oxygen atoms in total. The van der Waals surface area contributed by atoms with E-state index in [0.29, 0.717) is 0 Å². The summed E-state index contributed by atoms with van der Waals surface area (Å²) in [5.74, 6) is -1.35. The molecule has 0 rings (SSSR count). The van der Waals surface area contributed by atoms with Gasteiger partial charge < -0.3 is 15.9 Å². The van der Waals surface area contributed by atoms with Crippen LogP contribution in [0, 0.1) is 0 Å². The number of hydrogen-bond donors (Lipinski definition) is 3. The molecule has 0 spiro atoms. The molecule has 0 saturated carbocycles. The van der Waals surface area contributed by atoms with Gasteiger partial charge in [-0.05, 0) is 0 Å². The molecule has 0 amide bonds. The van der Waals surface area contributed by atoms with Crippen LogP contribution < -0.4 is 5.72 Å². The van der Waals surface area contributed by atoms with Crippen molar-refractivity contribution in [3.8, 4) is 0 Å². The molecule has 0 saturated heterocycles. The molecule has 4 N–H and O–H groups in total. The highest BCUT2D eigenvalue weighted by molar-refractivity contribution is 5.73. The van der Waals surface area contributed by atoms with Crippen LogP contribution in [0.15, 0.2) is 0 Å². The smallest absolute Gasteiger partial charge is 0.322 e. The standard InChI is InChI=1S/C3H7NO3/c4-2(1-5)3(6)7/h2,5H,1,4H2,(H,6,7)/t2-/m1/s1/i5D/hD2. The number of hydrogen-bond acceptors (Lipinski definition) is 3. The van der Waals surface area contributed by atoms with Gasteiger partial charge >= 0.3 is 5.97 Å². The molecular weight excluding hydrogens is 98.0 g/mol. The summed E-state index contributed by atoms with van der Waals surface area (Å²) in [5.41, 5.74) is -0.0170. The van der Waals surface area contributed by atoms with Gasteiger partial charge in [0.1, 0.15) is 8.87 Å². The van der Waals surface area contributed by atoms with Crippen molar-refractivity contribution in [3.63, 3.8) is 0 Å². The van der Waals surface area contributed by atoms with E-state index in [-0.39, 0.29) is 5.72 Å². The fourth-order valence-electron chi connectivity index (χ4n) is 0.0713. The third-order valence-corrected chi connectivity index (χ3v) is 0.443. The zero-order chi connectivity index (χ0) is 8.15. The van der Waals surface area contributed by atoms with Gasteiger partial charge in [0.25, 0.3) is 0 Å². The quantitative estimate of drug-likeness (QED) is 0.404. The molecule has 0 heterocycles. The Morgan fingerprint density at radius 2 is 3.00 bits per heavy atom. The Balaban J connectivity index is 3.85. The highest BCUT2D eigenvalue weighted by atomic mass is 16.4. The van der Waals surface area contributed by atoms with Crippen LogP contribution in [0.1, 0.15) is 0 Å². The largest absolute Gasteiger partial charge is 0.480 e. The molecule has 0 bridgehead atoms. The van der Waals surface area contributed by atoms with Crippen molar-refractivity contribution in [2.24, 2.45) is 5.72 Å². The van der Waals surface area contributed by atoms with Crippen molar-refractivity contribution in [2.45, 2.75) is 6.04 Å². The van der Waals surface area contributed by atoms with Gasteiger partial charge in [0.05, 0.1) is 6.61 Å². The SMILES string of the molecule is [2H]OC[C@H](C(=O)O)N([2H])[2H]. The first kappa shape index (κ1) is 2.64. The second-order valence-electron chi connectivity index (χ2n) is 1.02. The number of nitrogens with two attached hydrogens (primary N) is 1. The van der Waals surface area contributed by atoms with Gasteiger partial charge in [-0.15, -0.1) is 0 Å². The predicted molar refractivity (Wildman–Crippen MR) is 22.7 cm³/mol. The third-order valence-electron chi connectivity index (χ3n) is 0.443. The van der Waals surface area contributed by atoms with E-state index in [9.17, 15) is 4.79 Å². The lowest BCUT2D eigenvalue weighted by atomic mass is 10.3. The van der Waals surface area contributed by atoms with Crippen LogP contribution in [0.4, 0.5) is 0 Å². The van der Waals surface area contributed by atoms with Gasteiger partial charge in [-0.2, -0.15) is 0 Å². The zero-order valence-corrected chi connectivity index (χ0v) is 3.50. The molecule has 0 aromatic rings. The fraction of sp³-hybridized carbons (Fsp3) is 0.667. The highest BCUT2D eigenvalue weighted by Crippen LogP contribution is 1.71. The summed E-state index contributed by atoms with van der Waals surface area (Å²) in [4.78, 5) is 10.1. The molecule has 0 unspecified atom stereocenters. The van der Waals surface area contributed by atoms with Crippen LogP contribution in [0.2, 0.25) is 2.82 Å². The van der Waals surface area contributed by atoms with Gasteiger partial charge in [0.2, 0.25) is 1.43 Å². The molecule has 0 aliphatic carbocycles. The van der Waals surface area contributed by atoms with Crippen LogP contribution in [0.5, 0.6) is 0 Å². The molecule has 0 fully saturated rings. The first-order chi connectivity index (χ1) is 4.59. The van der Waals surface area contributed by atoms with Crippen molar-refractivity contribution < 1.29 is 17.8 Å². The number of carboxylic acids is 1. The predicted octanol–water partition coefficient (Wildman–Crippen LogP) is -1.61. The van der Waals surface area contributed by atoms with E-state index in [4.69, 9.17) is 9.36 Å². The van der Waals surface area contributed by atoms with E-state index in [1.165, 1.54) is 0 Å². The van der Waals surface area contributed by atoms with Gasteiger partial charge in [-0.3, -0.25) is 4.79 Å². The molecular formula is C3H7NO3. The summed E-state index contributed by atoms with van der Waals surface area (Å²) >= 11 is 0. The summed E-state index contributed by atoms with van der Waals surface area (Å²) in [6.45, 7) is -0.484. The number of carbonyl (C=O) groups is 1. The van der Waals surface area contributed by atoms with Crippen LogP contribution in [0.25, 0.3) is 0 Å². The van der Waals surface area contributed by atoms with E-state index >= 15 is 0 Å². The lowest BCUT2D eigenvalue weighted by Crippen LogP contribution is -2.33. The van der Waals surface area contributed by atoms with Gasteiger partial charge in [0, 0.05) is 0 Å². The van der Waals surface area contributed by atoms with Crippen LogP contribution in [-0.4, -0.2) is 30.3 Å². The Morgan fingerprint density at radius 3 is 3.14 bits per heavy atom. The molecule has 7 heavy (non-hydrogen) atoms. The number of carboxylic acid groups (broad SMARTS) is 1. The maximum atomic E-state index is 10.1. The maximum absolute atomic E-state index is 10.1. The Hall–Kier alpha value is -0.610. The van der Waals surface area contributed by atoms with Crippen molar-refractivity contribution >= 4 is 5.97 Å². The Labute approximate surface area is 45.0 Å². The average Bonchev–Trinajstić information content (AvgIpc) is 1.81. The minimum absolute atomic E-state index is 0.0170. The van der Waals surface area contributed by atoms with E-state index < -0.39 is 18.6 Å². The lowest BCUT2D eigenvalue weighted by molar-refractivity contribution is -0.139. The number of aliphatic hydroxyl groups is 1. The molecule has 0 aliphatic rings. The van der Waals surface area contributed by atoms with Crippen molar-refractivity contribution in [2.75, 3.05) is 6.61 Å². The lowest BCUT2D eigenvalue weighted by Gasteiger charge is -1.96. The van der Waals surface area contributed by atoms with E-state index in [1.54, 1.807) is 0 Å². The van der Waals surface area contributed by atoms with Crippen LogP contribution >= 0.6 is 0 Å². The molecule has 0 aromatic heterocycles. The Kier molecular flexibility index (Phi) is 0.958. The summed E-state index contributed by atoms with van der Waals surface area (Å²) in [7, 11) is 0. The van der Waals surface area contributed by atoms with E-state index in [2.05, 4.69) is 5.11 Å². The van der Waals surface area contributed by atoms with E-state index in [0.717, 1.165) is 0 Å². The summed E-state index contributed by atoms with van der Waals surface area (Å²) < 4.78 is 19.2. The summed E-state index contributed by atoms with van der Waals surface area (Å²) in [6.07, 6.45) is 0. The molecule has 42 valence electrons. The highest BCUT2D eigenvalue weighted by Gasteiger charge is 2.06. The van der Waals surface area contributed by atoms with Gasteiger partial charge in [-0.25, -0.2) is 0 Å².